The molecule has 0 heterocycles. The minimum absolute atomic E-state index is 0.118. The molecule has 0 bridgehead atoms. The minimum Gasteiger partial charge on any atom is -0.425 e. The van der Waals surface area contributed by atoms with Crippen molar-refractivity contribution in [1.29, 1.82) is 0 Å². The standard InChI is InChI=1S/C17H16O3/c1-12-8-9-15(13(2)18)16(10-12)20-17(19)11-14-6-4-3-5-7-14/h3-10H,11H2,1-2H3. The molecule has 0 fully saturated rings. The fourth-order valence-electron chi connectivity index (χ4n) is 1.93. The van der Waals surface area contributed by atoms with Crippen molar-refractivity contribution < 1.29 is 14.3 Å². The first-order valence-electron chi connectivity index (χ1n) is 6.42. The van der Waals surface area contributed by atoms with Gasteiger partial charge in [-0.2, -0.15) is 0 Å². The van der Waals surface area contributed by atoms with E-state index in [1.54, 1.807) is 12.1 Å². The zero-order chi connectivity index (χ0) is 14.5. The zero-order valence-corrected chi connectivity index (χ0v) is 11.6. The van der Waals surface area contributed by atoms with Gasteiger partial charge in [-0.25, -0.2) is 0 Å². The molecular formula is C17H16O3. The number of ether oxygens (including phenoxy) is 1. The van der Waals surface area contributed by atoms with E-state index in [2.05, 4.69) is 0 Å². The zero-order valence-electron chi connectivity index (χ0n) is 11.6. The Balaban J connectivity index is 2.15. The summed E-state index contributed by atoms with van der Waals surface area (Å²) >= 11 is 0. The van der Waals surface area contributed by atoms with Crippen molar-refractivity contribution in [3.05, 3.63) is 65.2 Å². The highest BCUT2D eigenvalue weighted by Gasteiger charge is 2.13. The molecule has 0 amide bonds. The van der Waals surface area contributed by atoms with Gasteiger partial charge in [0.25, 0.3) is 0 Å². The maximum atomic E-state index is 11.9. The van der Waals surface area contributed by atoms with Crippen molar-refractivity contribution in [2.75, 3.05) is 0 Å². The topological polar surface area (TPSA) is 43.4 Å². The average molecular weight is 268 g/mol. The molecule has 3 heteroatoms. The molecule has 2 rings (SSSR count). The second kappa shape index (κ2) is 6.15. The Bertz CT molecular complexity index is 630. The van der Waals surface area contributed by atoms with E-state index >= 15 is 0 Å². The number of aryl methyl sites for hydroxylation is 1. The van der Waals surface area contributed by atoms with Gasteiger partial charge in [0, 0.05) is 0 Å². The van der Waals surface area contributed by atoms with Crippen LogP contribution in [0.3, 0.4) is 0 Å². The fraction of sp³-hybridized carbons (Fsp3) is 0.176. The van der Waals surface area contributed by atoms with Gasteiger partial charge < -0.3 is 4.74 Å². The maximum Gasteiger partial charge on any atom is 0.315 e. The summed E-state index contributed by atoms with van der Waals surface area (Å²) < 4.78 is 5.33. The molecule has 0 atom stereocenters. The molecule has 0 saturated heterocycles. The number of carbonyl (C=O) groups is 2. The minimum atomic E-state index is -0.371. The maximum absolute atomic E-state index is 11.9. The van der Waals surface area contributed by atoms with Crippen LogP contribution in [-0.2, 0) is 11.2 Å². The van der Waals surface area contributed by atoms with Crippen molar-refractivity contribution in [1.82, 2.24) is 0 Å². The molecule has 102 valence electrons. The number of esters is 1. The van der Waals surface area contributed by atoms with E-state index in [1.165, 1.54) is 6.92 Å². The quantitative estimate of drug-likeness (QED) is 0.485. The summed E-state index contributed by atoms with van der Waals surface area (Å²) in [5, 5.41) is 0. The third kappa shape index (κ3) is 3.54. The number of carbonyl (C=O) groups excluding carboxylic acids is 2. The Labute approximate surface area is 118 Å². The average Bonchev–Trinajstić information content (AvgIpc) is 2.39. The molecule has 0 unspecified atom stereocenters. The largest absolute Gasteiger partial charge is 0.425 e. The molecular weight excluding hydrogens is 252 g/mol. The van der Waals surface area contributed by atoms with Crippen LogP contribution in [0.15, 0.2) is 48.5 Å². The molecule has 2 aromatic rings. The molecule has 0 aliphatic carbocycles. The van der Waals surface area contributed by atoms with Crippen LogP contribution in [0.4, 0.5) is 0 Å². The Kier molecular flexibility index (Phi) is 4.31. The monoisotopic (exact) mass is 268 g/mol. The number of Topliss-reactive ketones (excluding diaryl/α,β-unsaturated/α-hetero) is 1. The molecule has 0 saturated carbocycles. The van der Waals surface area contributed by atoms with E-state index < -0.39 is 0 Å². The number of hydrogen-bond acceptors (Lipinski definition) is 3. The molecule has 0 spiro atoms. The molecule has 0 aliphatic heterocycles. The van der Waals surface area contributed by atoms with Gasteiger partial charge in [-0.3, -0.25) is 9.59 Å². The highest BCUT2D eigenvalue weighted by molar-refractivity contribution is 5.97. The number of benzene rings is 2. The molecule has 20 heavy (non-hydrogen) atoms. The van der Waals surface area contributed by atoms with E-state index in [1.807, 2.05) is 43.3 Å². The van der Waals surface area contributed by atoms with E-state index in [9.17, 15) is 9.59 Å². The van der Waals surface area contributed by atoms with Crippen molar-refractivity contribution >= 4 is 11.8 Å². The van der Waals surface area contributed by atoms with Gasteiger partial charge in [-0.15, -0.1) is 0 Å². The first-order chi connectivity index (χ1) is 9.56. The summed E-state index contributed by atoms with van der Waals surface area (Å²) in [4.78, 5) is 23.5. The number of rotatable bonds is 4. The lowest BCUT2D eigenvalue weighted by Gasteiger charge is -2.09. The van der Waals surface area contributed by atoms with Gasteiger partial charge in [0.15, 0.2) is 5.78 Å². The van der Waals surface area contributed by atoms with Crippen molar-refractivity contribution in [2.45, 2.75) is 20.3 Å². The van der Waals surface area contributed by atoms with Crippen LogP contribution in [0.1, 0.15) is 28.4 Å². The third-order valence-corrected chi connectivity index (χ3v) is 2.93. The van der Waals surface area contributed by atoms with Gasteiger partial charge in [0.1, 0.15) is 5.75 Å². The highest BCUT2D eigenvalue weighted by Crippen LogP contribution is 2.21. The van der Waals surface area contributed by atoms with Crippen LogP contribution in [-0.4, -0.2) is 11.8 Å². The Morgan fingerprint density at radius 2 is 1.75 bits per heavy atom. The molecule has 0 aliphatic rings. The number of hydrogen-bond donors (Lipinski definition) is 0. The summed E-state index contributed by atoms with van der Waals surface area (Å²) in [5.74, 6) is -0.157. The van der Waals surface area contributed by atoms with Crippen molar-refractivity contribution in [3.63, 3.8) is 0 Å². The molecule has 0 N–H and O–H groups in total. The Morgan fingerprint density at radius 3 is 2.40 bits per heavy atom. The van der Waals surface area contributed by atoms with E-state index in [0.717, 1.165) is 11.1 Å². The third-order valence-electron chi connectivity index (χ3n) is 2.93. The highest BCUT2D eigenvalue weighted by atomic mass is 16.5. The molecule has 0 radical (unpaired) electrons. The van der Waals surface area contributed by atoms with Crippen molar-refractivity contribution in [2.24, 2.45) is 0 Å². The predicted molar refractivity (Wildman–Crippen MR) is 77.0 cm³/mol. The number of ketones is 1. The van der Waals surface area contributed by atoms with Crippen LogP contribution in [0, 0.1) is 6.92 Å². The fourth-order valence-corrected chi connectivity index (χ4v) is 1.93. The van der Waals surface area contributed by atoms with Crippen LogP contribution in [0.2, 0.25) is 0 Å². The summed E-state index contributed by atoms with van der Waals surface area (Å²) in [6, 6.07) is 14.6. The summed E-state index contributed by atoms with van der Waals surface area (Å²) in [7, 11) is 0. The van der Waals surface area contributed by atoms with Crippen molar-refractivity contribution in [3.8, 4) is 5.75 Å². The smallest absolute Gasteiger partial charge is 0.315 e. The van der Waals surface area contributed by atoms with Gasteiger partial charge in [0.05, 0.1) is 12.0 Å². The van der Waals surface area contributed by atoms with Gasteiger partial charge in [0.2, 0.25) is 0 Å². The summed E-state index contributed by atoms with van der Waals surface area (Å²) in [6.07, 6.45) is 0.187. The van der Waals surface area contributed by atoms with Crippen LogP contribution in [0.5, 0.6) is 5.75 Å². The summed E-state index contributed by atoms with van der Waals surface area (Å²) in [5.41, 5.74) is 2.25. The molecule has 3 nitrogen and oxygen atoms in total. The summed E-state index contributed by atoms with van der Waals surface area (Å²) in [6.45, 7) is 3.34. The molecule has 0 aromatic heterocycles. The SMILES string of the molecule is CC(=O)c1ccc(C)cc1OC(=O)Cc1ccccc1. The van der Waals surface area contributed by atoms with E-state index in [0.29, 0.717) is 11.3 Å². The predicted octanol–water partition coefficient (Wildman–Crippen LogP) is 3.35. The van der Waals surface area contributed by atoms with Gasteiger partial charge >= 0.3 is 5.97 Å². The van der Waals surface area contributed by atoms with Crippen LogP contribution in [0.25, 0.3) is 0 Å². The molecule has 2 aromatic carbocycles. The van der Waals surface area contributed by atoms with Gasteiger partial charge in [-0.05, 0) is 37.1 Å². The first-order valence-corrected chi connectivity index (χ1v) is 6.42. The van der Waals surface area contributed by atoms with Crippen LogP contribution < -0.4 is 4.74 Å². The second-order valence-corrected chi connectivity index (χ2v) is 4.69. The van der Waals surface area contributed by atoms with Crippen LogP contribution >= 0.6 is 0 Å². The van der Waals surface area contributed by atoms with E-state index in [4.69, 9.17) is 4.74 Å². The lowest BCUT2D eigenvalue weighted by Crippen LogP contribution is -2.13. The first kappa shape index (κ1) is 14.0. The second-order valence-electron chi connectivity index (χ2n) is 4.69. The Morgan fingerprint density at radius 1 is 1.05 bits per heavy atom. The van der Waals surface area contributed by atoms with Gasteiger partial charge in [-0.1, -0.05) is 36.4 Å². The lowest BCUT2D eigenvalue weighted by molar-refractivity contribution is -0.133. The lowest BCUT2D eigenvalue weighted by atomic mass is 10.1. The Hall–Kier alpha value is -2.42. The normalized spacial score (nSPS) is 10.1. The van der Waals surface area contributed by atoms with E-state index in [-0.39, 0.29) is 18.2 Å².